The van der Waals surface area contributed by atoms with Crippen LogP contribution in [0.3, 0.4) is 0 Å². The van der Waals surface area contributed by atoms with Gasteiger partial charge in [-0.1, -0.05) is 18.5 Å². The number of carboxylic acids is 1. The maximum atomic E-state index is 12.1. The molecular weight excluding hydrogens is 378 g/mol. The summed E-state index contributed by atoms with van der Waals surface area (Å²) < 4.78 is 12.9. The zero-order chi connectivity index (χ0) is 20.4. The van der Waals surface area contributed by atoms with Crippen molar-refractivity contribution in [3.63, 3.8) is 0 Å². The number of rotatable bonds is 6. The Kier molecular flexibility index (Phi) is 5.66. The zero-order valence-corrected chi connectivity index (χ0v) is 17.0. The molecule has 0 saturated carbocycles. The molecule has 6 heteroatoms. The van der Waals surface area contributed by atoms with E-state index in [9.17, 15) is 9.90 Å². The number of aromatic carboxylic acids is 1. The molecule has 0 radical (unpaired) electrons. The molecule has 0 saturated heterocycles. The Morgan fingerprint density at radius 3 is 2.32 bits per heavy atom. The number of carbonyl (C=O) groups is 1. The summed E-state index contributed by atoms with van der Waals surface area (Å²) in [6, 6.07) is 12.9. The highest BCUT2D eigenvalue weighted by atomic mass is 35.5. The summed E-state index contributed by atoms with van der Waals surface area (Å²) in [7, 11) is 3.18. The largest absolute Gasteiger partial charge is 0.497 e. The van der Waals surface area contributed by atoms with Gasteiger partial charge in [-0.2, -0.15) is 0 Å². The van der Waals surface area contributed by atoms with Gasteiger partial charge in [0.05, 0.1) is 25.5 Å². The number of hydrogen-bond donors (Lipinski definition) is 1. The third kappa shape index (κ3) is 3.34. The molecular formula is C22H22ClNO4. The highest BCUT2D eigenvalue weighted by Crippen LogP contribution is 2.40. The summed E-state index contributed by atoms with van der Waals surface area (Å²) in [4.78, 5) is 12.1. The first-order valence-electron chi connectivity index (χ1n) is 8.88. The van der Waals surface area contributed by atoms with Gasteiger partial charge in [-0.25, -0.2) is 4.79 Å². The minimum atomic E-state index is -0.948. The molecule has 146 valence electrons. The van der Waals surface area contributed by atoms with E-state index in [1.54, 1.807) is 32.4 Å². The van der Waals surface area contributed by atoms with E-state index in [4.69, 9.17) is 21.1 Å². The van der Waals surface area contributed by atoms with Crippen LogP contribution in [0.2, 0.25) is 5.02 Å². The Labute approximate surface area is 169 Å². The van der Waals surface area contributed by atoms with E-state index >= 15 is 0 Å². The van der Waals surface area contributed by atoms with Crippen LogP contribution >= 0.6 is 11.6 Å². The maximum absolute atomic E-state index is 12.1. The molecule has 0 spiro atoms. The quantitative estimate of drug-likeness (QED) is 0.604. The number of carboxylic acid groups (broad SMARTS) is 1. The maximum Gasteiger partial charge on any atom is 0.337 e. The fourth-order valence-electron chi connectivity index (χ4n) is 3.57. The first-order chi connectivity index (χ1) is 13.4. The van der Waals surface area contributed by atoms with Crippen molar-refractivity contribution in [2.45, 2.75) is 20.3 Å². The average Bonchev–Trinajstić information content (AvgIpc) is 3.00. The van der Waals surface area contributed by atoms with Crippen molar-refractivity contribution in [3.8, 4) is 28.4 Å². The summed E-state index contributed by atoms with van der Waals surface area (Å²) in [6.07, 6.45) is 0.563. The van der Waals surface area contributed by atoms with Crippen LogP contribution in [0.25, 0.3) is 16.9 Å². The fraction of sp³-hybridized carbons (Fsp3) is 0.227. The molecule has 0 fully saturated rings. The number of hydrogen-bond acceptors (Lipinski definition) is 3. The monoisotopic (exact) mass is 399 g/mol. The van der Waals surface area contributed by atoms with Crippen molar-refractivity contribution in [3.05, 3.63) is 64.3 Å². The van der Waals surface area contributed by atoms with Gasteiger partial charge in [-0.3, -0.25) is 0 Å². The number of ether oxygens (including phenoxy) is 2. The average molecular weight is 400 g/mol. The van der Waals surface area contributed by atoms with Crippen LogP contribution in [-0.2, 0) is 6.42 Å². The van der Waals surface area contributed by atoms with Crippen molar-refractivity contribution in [1.29, 1.82) is 0 Å². The zero-order valence-electron chi connectivity index (χ0n) is 16.2. The van der Waals surface area contributed by atoms with E-state index in [1.165, 1.54) is 0 Å². The molecule has 0 amide bonds. The van der Waals surface area contributed by atoms with E-state index in [0.717, 1.165) is 22.5 Å². The smallest absolute Gasteiger partial charge is 0.337 e. The van der Waals surface area contributed by atoms with Crippen molar-refractivity contribution in [1.82, 2.24) is 4.57 Å². The Morgan fingerprint density at radius 2 is 1.79 bits per heavy atom. The second kappa shape index (κ2) is 7.98. The number of aromatic nitrogens is 1. The Hall–Kier alpha value is -2.92. The summed E-state index contributed by atoms with van der Waals surface area (Å²) in [5.74, 6) is 0.327. The molecule has 0 aliphatic carbocycles. The highest BCUT2D eigenvalue weighted by molar-refractivity contribution is 6.30. The summed E-state index contributed by atoms with van der Waals surface area (Å²) in [6.45, 7) is 3.77. The summed E-state index contributed by atoms with van der Waals surface area (Å²) >= 11 is 6.05. The van der Waals surface area contributed by atoms with Gasteiger partial charge < -0.3 is 19.1 Å². The molecule has 0 aliphatic heterocycles. The normalized spacial score (nSPS) is 10.8. The molecule has 3 rings (SSSR count). The lowest BCUT2D eigenvalue weighted by Crippen LogP contribution is -2.03. The number of halogens is 1. The fourth-order valence-corrected chi connectivity index (χ4v) is 3.70. The van der Waals surface area contributed by atoms with Gasteiger partial charge in [-0.05, 0) is 55.3 Å². The van der Waals surface area contributed by atoms with Crippen LogP contribution in [0.5, 0.6) is 11.5 Å². The standard InChI is InChI=1S/C22H22ClNO4/c1-5-17-20(22(25)26)13(2)24(15-8-6-14(23)7-9-15)21(17)18-11-10-16(27-3)12-19(18)28-4/h6-12H,5H2,1-4H3,(H,25,26). The van der Waals surface area contributed by atoms with Crippen molar-refractivity contribution in [2.24, 2.45) is 0 Å². The predicted octanol–water partition coefficient (Wildman–Crippen LogP) is 5.38. The van der Waals surface area contributed by atoms with Gasteiger partial charge in [0.1, 0.15) is 11.5 Å². The van der Waals surface area contributed by atoms with Gasteiger partial charge in [-0.15, -0.1) is 0 Å². The van der Waals surface area contributed by atoms with E-state index < -0.39 is 5.97 Å². The summed E-state index contributed by atoms with van der Waals surface area (Å²) in [5.41, 5.74) is 4.13. The first-order valence-corrected chi connectivity index (χ1v) is 9.26. The number of methoxy groups -OCH3 is 2. The second-order valence-corrected chi connectivity index (χ2v) is 6.76. The molecule has 0 aliphatic rings. The summed E-state index contributed by atoms with van der Waals surface area (Å²) in [5, 5.41) is 10.5. The van der Waals surface area contributed by atoms with E-state index in [2.05, 4.69) is 0 Å². The molecule has 5 nitrogen and oxygen atoms in total. The Bertz CT molecular complexity index is 1020. The van der Waals surface area contributed by atoms with E-state index in [0.29, 0.717) is 34.2 Å². The van der Waals surface area contributed by atoms with Gasteiger partial charge >= 0.3 is 5.97 Å². The molecule has 3 aromatic rings. The molecule has 28 heavy (non-hydrogen) atoms. The number of benzene rings is 2. The molecule has 0 atom stereocenters. The molecule has 1 aromatic heterocycles. The SMILES string of the molecule is CCc1c(C(=O)O)c(C)n(-c2ccc(Cl)cc2)c1-c1ccc(OC)cc1OC. The molecule has 0 unspecified atom stereocenters. The highest BCUT2D eigenvalue weighted by Gasteiger charge is 2.27. The predicted molar refractivity (Wildman–Crippen MR) is 110 cm³/mol. The molecule has 0 bridgehead atoms. The lowest BCUT2D eigenvalue weighted by atomic mass is 10.0. The third-order valence-electron chi connectivity index (χ3n) is 4.82. The van der Waals surface area contributed by atoms with Crippen LogP contribution in [0.15, 0.2) is 42.5 Å². The van der Waals surface area contributed by atoms with Crippen LogP contribution in [0.1, 0.15) is 28.5 Å². The minimum Gasteiger partial charge on any atom is -0.497 e. The molecule has 1 N–H and O–H groups in total. The second-order valence-electron chi connectivity index (χ2n) is 6.32. The van der Waals surface area contributed by atoms with E-state index in [-0.39, 0.29) is 0 Å². The lowest BCUT2D eigenvalue weighted by molar-refractivity contribution is 0.0695. The molecule has 2 aromatic carbocycles. The minimum absolute atomic E-state index is 0.310. The van der Waals surface area contributed by atoms with Crippen molar-refractivity contribution in [2.75, 3.05) is 14.2 Å². The van der Waals surface area contributed by atoms with Crippen molar-refractivity contribution < 1.29 is 19.4 Å². The van der Waals surface area contributed by atoms with Gasteiger partial charge in [0.2, 0.25) is 0 Å². The van der Waals surface area contributed by atoms with Gasteiger partial charge in [0.15, 0.2) is 0 Å². The topological polar surface area (TPSA) is 60.7 Å². The Morgan fingerprint density at radius 1 is 1.11 bits per heavy atom. The van der Waals surface area contributed by atoms with Crippen LogP contribution in [-0.4, -0.2) is 29.9 Å². The first kappa shape index (κ1) is 19.8. The van der Waals surface area contributed by atoms with Crippen LogP contribution < -0.4 is 9.47 Å². The van der Waals surface area contributed by atoms with Gasteiger partial charge in [0.25, 0.3) is 0 Å². The third-order valence-corrected chi connectivity index (χ3v) is 5.08. The van der Waals surface area contributed by atoms with E-state index in [1.807, 2.05) is 42.7 Å². The van der Waals surface area contributed by atoms with Gasteiger partial charge in [0, 0.05) is 28.0 Å². The lowest BCUT2D eigenvalue weighted by Gasteiger charge is -2.16. The van der Waals surface area contributed by atoms with Crippen molar-refractivity contribution >= 4 is 17.6 Å². The molecule has 1 heterocycles. The van der Waals surface area contributed by atoms with Crippen LogP contribution in [0, 0.1) is 6.92 Å². The number of nitrogens with zero attached hydrogens (tertiary/aromatic N) is 1. The Balaban J connectivity index is 2.41. The van der Waals surface area contributed by atoms with Crippen LogP contribution in [0.4, 0.5) is 0 Å².